The first-order chi connectivity index (χ1) is 13.5. The van der Waals surface area contributed by atoms with Crippen LogP contribution in [-0.4, -0.2) is 26.1 Å². The topological polar surface area (TPSA) is 57.1 Å². The molecule has 0 radical (unpaired) electrons. The summed E-state index contributed by atoms with van der Waals surface area (Å²) in [6.45, 7) is 0. The van der Waals surface area contributed by atoms with E-state index in [4.69, 9.17) is 25.8 Å². The fourth-order valence-electron chi connectivity index (χ4n) is 2.78. The van der Waals surface area contributed by atoms with Crippen molar-refractivity contribution in [3.05, 3.63) is 62.0 Å². The molecule has 2 heterocycles. The van der Waals surface area contributed by atoms with Gasteiger partial charge in [-0.2, -0.15) is 0 Å². The maximum Gasteiger partial charge on any atom is 0.363 e. The molecule has 0 bridgehead atoms. The Kier molecular flexibility index (Phi) is 5.14. The Balaban J connectivity index is 1.73. The van der Waals surface area contributed by atoms with Crippen LogP contribution >= 0.6 is 38.9 Å². The molecule has 0 saturated heterocycles. The smallest absolute Gasteiger partial charge is 0.363 e. The van der Waals surface area contributed by atoms with Gasteiger partial charge in [0.15, 0.2) is 17.2 Å². The van der Waals surface area contributed by atoms with Gasteiger partial charge in [-0.1, -0.05) is 39.7 Å². The molecule has 0 atom stereocenters. The first-order valence-corrected chi connectivity index (χ1v) is 10.1. The molecule has 0 unspecified atom stereocenters. The number of esters is 1. The lowest BCUT2D eigenvalue weighted by Crippen LogP contribution is -2.04. The molecule has 8 heteroatoms. The third-order valence-electron chi connectivity index (χ3n) is 4.12. The van der Waals surface area contributed by atoms with E-state index in [1.54, 1.807) is 38.5 Å². The second-order valence-electron chi connectivity index (χ2n) is 5.84. The number of halogens is 2. The van der Waals surface area contributed by atoms with Gasteiger partial charge in [-0.3, -0.25) is 0 Å². The molecule has 0 saturated carbocycles. The van der Waals surface area contributed by atoms with Crippen molar-refractivity contribution in [1.29, 1.82) is 0 Å². The second kappa shape index (κ2) is 7.58. The molecule has 0 aliphatic carbocycles. The number of carbonyl (C=O) groups is 1. The highest BCUT2D eigenvalue weighted by atomic mass is 79.9. The standard InChI is InChI=1S/C20H13BrClNO4S/c1-25-14-6-3-10(8-15(14)26-2)7-13-20(24)27-19(23-13)18-17(22)12-5-4-11(21)9-16(12)28-18/h3-9H,1-2H3/b13-7+. The van der Waals surface area contributed by atoms with Gasteiger partial charge in [-0.15, -0.1) is 11.3 Å². The highest BCUT2D eigenvalue weighted by molar-refractivity contribution is 9.10. The monoisotopic (exact) mass is 477 g/mol. The van der Waals surface area contributed by atoms with E-state index in [0.29, 0.717) is 21.4 Å². The molecule has 0 amide bonds. The average molecular weight is 479 g/mol. The van der Waals surface area contributed by atoms with Crippen LogP contribution in [0, 0.1) is 0 Å². The predicted octanol–water partition coefficient (Wildman–Crippen LogP) is 5.68. The fraction of sp³-hybridized carbons (Fsp3) is 0.100. The van der Waals surface area contributed by atoms with Crippen LogP contribution in [0.3, 0.4) is 0 Å². The van der Waals surface area contributed by atoms with Crippen molar-refractivity contribution in [2.24, 2.45) is 4.99 Å². The first kappa shape index (κ1) is 19.0. The number of methoxy groups -OCH3 is 2. The Hall–Kier alpha value is -2.35. The number of cyclic esters (lactones) is 1. The number of hydrogen-bond acceptors (Lipinski definition) is 6. The van der Waals surface area contributed by atoms with E-state index in [0.717, 1.165) is 20.1 Å². The molecule has 1 aliphatic heterocycles. The summed E-state index contributed by atoms with van der Waals surface area (Å²) < 4.78 is 17.8. The molecule has 28 heavy (non-hydrogen) atoms. The number of rotatable bonds is 4. The van der Waals surface area contributed by atoms with Crippen molar-refractivity contribution in [3.8, 4) is 11.5 Å². The summed E-state index contributed by atoms with van der Waals surface area (Å²) in [5, 5.41) is 1.41. The van der Waals surface area contributed by atoms with E-state index in [9.17, 15) is 4.79 Å². The number of thiophene rings is 1. The zero-order valence-corrected chi connectivity index (χ0v) is 17.9. The number of hydrogen-bond donors (Lipinski definition) is 0. The first-order valence-electron chi connectivity index (χ1n) is 8.12. The van der Waals surface area contributed by atoms with Crippen molar-refractivity contribution in [2.75, 3.05) is 14.2 Å². The summed E-state index contributed by atoms with van der Waals surface area (Å²) in [7, 11) is 3.12. The fourth-order valence-corrected chi connectivity index (χ4v) is 4.77. The van der Waals surface area contributed by atoms with Crippen LogP contribution < -0.4 is 9.47 Å². The van der Waals surface area contributed by atoms with Gasteiger partial charge in [0.1, 0.15) is 4.88 Å². The second-order valence-corrected chi connectivity index (χ2v) is 8.18. The van der Waals surface area contributed by atoms with Crippen LogP contribution in [-0.2, 0) is 9.53 Å². The molecule has 1 aromatic heterocycles. The lowest BCUT2D eigenvalue weighted by Gasteiger charge is -2.07. The molecule has 142 valence electrons. The van der Waals surface area contributed by atoms with Gasteiger partial charge in [0, 0.05) is 14.6 Å². The van der Waals surface area contributed by atoms with Gasteiger partial charge in [0.2, 0.25) is 5.90 Å². The Morgan fingerprint density at radius 2 is 1.93 bits per heavy atom. The van der Waals surface area contributed by atoms with E-state index in [2.05, 4.69) is 20.9 Å². The highest BCUT2D eigenvalue weighted by Crippen LogP contribution is 2.38. The van der Waals surface area contributed by atoms with E-state index in [1.807, 2.05) is 18.2 Å². The van der Waals surface area contributed by atoms with Crippen molar-refractivity contribution in [1.82, 2.24) is 0 Å². The van der Waals surface area contributed by atoms with Crippen LogP contribution in [0.15, 0.2) is 51.6 Å². The zero-order chi connectivity index (χ0) is 19.8. The Morgan fingerprint density at radius 1 is 1.14 bits per heavy atom. The molecule has 2 aromatic carbocycles. The highest BCUT2D eigenvalue weighted by Gasteiger charge is 2.28. The molecule has 0 fully saturated rings. The Bertz CT molecular complexity index is 1170. The van der Waals surface area contributed by atoms with E-state index in [1.165, 1.54) is 11.3 Å². The number of nitrogens with zero attached hydrogens (tertiary/aromatic N) is 1. The van der Waals surface area contributed by atoms with Crippen LogP contribution in [0.2, 0.25) is 5.02 Å². The molecule has 0 spiro atoms. The van der Waals surface area contributed by atoms with Gasteiger partial charge < -0.3 is 14.2 Å². The number of fused-ring (bicyclic) bond motifs is 1. The van der Waals surface area contributed by atoms with Crippen molar-refractivity contribution in [2.45, 2.75) is 0 Å². The molecule has 5 nitrogen and oxygen atoms in total. The van der Waals surface area contributed by atoms with Crippen LogP contribution in [0.1, 0.15) is 10.4 Å². The summed E-state index contributed by atoms with van der Waals surface area (Å²) in [6, 6.07) is 11.1. The molecular weight excluding hydrogens is 466 g/mol. The SMILES string of the molecule is COc1ccc(/C=C2/N=C(c3sc4cc(Br)ccc4c3Cl)OC2=O)cc1OC. The minimum absolute atomic E-state index is 0.192. The Morgan fingerprint density at radius 3 is 2.68 bits per heavy atom. The summed E-state index contributed by atoms with van der Waals surface area (Å²) in [4.78, 5) is 17.3. The van der Waals surface area contributed by atoms with Gasteiger partial charge in [0.25, 0.3) is 0 Å². The van der Waals surface area contributed by atoms with Gasteiger partial charge in [-0.25, -0.2) is 9.79 Å². The summed E-state index contributed by atoms with van der Waals surface area (Å²) >= 11 is 11.4. The third kappa shape index (κ3) is 3.41. The van der Waals surface area contributed by atoms with Crippen molar-refractivity contribution in [3.63, 3.8) is 0 Å². The Labute approximate surface area is 178 Å². The summed E-state index contributed by atoms with van der Waals surface area (Å²) in [5.41, 5.74) is 0.929. The maximum atomic E-state index is 12.3. The maximum absolute atomic E-state index is 12.3. The van der Waals surface area contributed by atoms with E-state index in [-0.39, 0.29) is 11.6 Å². The molecule has 3 aromatic rings. The van der Waals surface area contributed by atoms with Crippen LogP contribution in [0.4, 0.5) is 0 Å². The lowest BCUT2D eigenvalue weighted by molar-refractivity contribution is -0.129. The minimum atomic E-state index is -0.528. The van der Waals surface area contributed by atoms with Gasteiger partial charge >= 0.3 is 5.97 Å². The molecule has 0 N–H and O–H groups in total. The van der Waals surface area contributed by atoms with E-state index >= 15 is 0 Å². The number of benzene rings is 2. The van der Waals surface area contributed by atoms with Gasteiger partial charge in [-0.05, 0) is 35.9 Å². The lowest BCUT2D eigenvalue weighted by atomic mass is 10.1. The molecule has 1 aliphatic rings. The van der Waals surface area contributed by atoms with Crippen LogP contribution in [0.25, 0.3) is 16.2 Å². The average Bonchev–Trinajstić information content (AvgIpc) is 3.21. The largest absolute Gasteiger partial charge is 0.493 e. The minimum Gasteiger partial charge on any atom is -0.493 e. The number of aliphatic imine (C=N–C) groups is 1. The van der Waals surface area contributed by atoms with Crippen LogP contribution in [0.5, 0.6) is 11.5 Å². The van der Waals surface area contributed by atoms with Crippen molar-refractivity contribution < 1.29 is 19.0 Å². The number of ether oxygens (including phenoxy) is 3. The number of carbonyl (C=O) groups excluding carboxylic acids is 1. The van der Waals surface area contributed by atoms with Crippen molar-refractivity contribution >= 4 is 66.9 Å². The predicted molar refractivity (Wildman–Crippen MR) is 115 cm³/mol. The summed E-state index contributed by atoms with van der Waals surface area (Å²) in [6.07, 6.45) is 1.63. The quantitative estimate of drug-likeness (QED) is 0.358. The third-order valence-corrected chi connectivity index (χ3v) is 6.26. The molecular formula is C20H13BrClNO4S. The molecule has 4 rings (SSSR count). The van der Waals surface area contributed by atoms with Gasteiger partial charge in [0.05, 0.1) is 19.2 Å². The summed E-state index contributed by atoms with van der Waals surface area (Å²) in [5.74, 6) is 0.843. The van der Waals surface area contributed by atoms with E-state index < -0.39 is 5.97 Å². The normalized spacial score (nSPS) is 15.1. The zero-order valence-electron chi connectivity index (χ0n) is 14.8.